The summed E-state index contributed by atoms with van der Waals surface area (Å²) in [7, 11) is 0. The standard InChI is InChI=1S/C19H25N5S/c1-3-15-12-16(9-10-17(15)22-20)18-23-24-19(25-18)21-13(2)11-14-7-5-4-6-8-14/h4-10,12-13,15,17,22H,3,11,20H2,1-2H3,(H,21,24). The molecule has 132 valence electrons. The number of aromatic nitrogens is 2. The summed E-state index contributed by atoms with van der Waals surface area (Å²) >= 11 is 1.60. The van der Waals surface area contributed by atoms with Gasteiger partial charge in [0.25, 0.3) is 0 Å². The van der Waals surface area contributed by atoms with E-state index in [1.165, 1.54) is 5.56 Å². The molecule has 0 amide bonds. The zero-order valence-electron chi connectivity index (χ0n) is 14.6. The molecule has 0 fully saturated rings. The van der Waals surface area contributed by atoms with Gasteiger partial charge in [0, 0.05) is 17.7 Å². The fraction of sp³-hybridized carbons (Fsp3) is 0.368. The molecule has 0 radical (unpaired) electrons. The van der Waals surface area contributed by atoms with Gasteiger partial charge in [-0.3, -0.25) is 11.3 Å². The molecule has 0 aliphatic heterocycles. The molecule has 4 N–H and O–H groups in total. The molecule has 1 heterocycles. The van der Waals surface area contributed by atoms with Crippen LogP contribution in [0.15, 0.2) is 48.6 Å². The molecular formula is C19H25N5S. The first-order valence-corrected chi connectivity index (χ1v) is 9.51. The van der Waals surface area contributed by atoms with Gasteiger partial charge >= 0.3 is 0 Å². The molecule has 6 heteroatoms. The van der Waals surface area contributed by atoms with Crippen molar-refractivity contribution in [3.05, 3.63) is 59.1 Å². The van der Waals surface area contributed by atoms with Crippen LogP contribution in [-0.2, 0) is 6.42 Å². The van der Waals surface area contributed by atoms with Crippen LogP contribution in [0.1, 0.15) is 30.8 Å². The normalized spacial score (nSPS) is 21.0. The number of nitrogens with one attached hydrogen (secondary N) is 2. The van der Waals surface area contributed by atoms with Gasteiger partial charge in [0.1, 0.15) is 5.01 Å². The highest BCUT2D eigenvalue weighted by Gasteiger charge is 2.20. The third-order valence-electron chi connectivity index (χ3n) is 4.43. The highest BCUT2D eigenvalue weighted by molar-refractivity contribution is 7.16. The number of hydrogen-bond donors (Lipinski definition) is 3. The smallest absolute Gasteiger partial charge is 0.206 e. The van der Waals surface area contributed by atoms with E-state index in [1.807, 2.05) is 6.07 Å². The Balaban J connectivity index is 1.64. The fourth-order valence-corrected chi connectivity index (χ4v) is 3.92. The maximum Gasteiger partial charge on any atom is 0.206 e. The zero-order chi connectivity index (χ0) is 17.6. The number of allylic oxidation sites excluding steroid dienone is 2. The second kappa shape index (κ2) is 8.38. The fourth-order valence-electron chi connectivity index (χ4n) is 3.06. The van der Waals surface area contributed by atoms with Gasteiger partial charge in [0.15, 0.2) is 0 Å². The predicted octanol–water partition coefficient (Wildman–Crippen LogP) is 3.39. The van der Waals surface area contributed by atoms with Crippen molar-refractivity contribution < 1.29 is 0 Å². The topological polar surface area (TPSA) is 75.9 Å². The molecule has 2 aromatic rings. The lowest BCUT2D eigenvalue weighted by Gasteiger charge is -2.23. The number of nitrogens with two attached hydrogens (primary N) is 1. The van der Waals surface area contributed by atoms with E-state index >= 15 is 0 Å². The van der Waals surface area contributed by atoms with Gasteiger partial charge in [-0.1, -0.05) is 66.8 Å². The van der Waals surface area contributed by atoms with Crippen LogP contribution in [0.5, 0.6) is 0 Å². The van der Waals surface area contributed by atoms with Crippen molar-refractivity contribution in [2.45, 2.75) is 38.8 Å². The molecule has 0 spiro atoms. The van der Waals surface area contributed by atoms with E-state index in [-0.39, 0.29) is 6.04 Å². The van der Waals surface area contributed by atoms with Gasteiger partial charge in [-0.2, -0.15) is 0 Å². The van der Waals surface area contributed by atoms with Gasteiger partial charge in [-0.15, -0.1) is 10.2 Å². The van der Waals surface area contributed by atoms with Gasteiger partial charge in [-0.05, 0) is 31.2 Å². The zero-order valence-corrected chi connectivity index (χ0v) is 15.5. The second-order valence-corrected chi connectivity index (χ2v) is 7.37. The number of hydrogen-bond acceptors (Lipinski definition) is 6. The van der Waals surface area contributed by atoms with E-state index in [2.05, 4.69) is 77.3 Å². The SMILES string of the molecule is CCC1C=C(c2nnc(NC(C)Cc3ccccc3)s2)C=CC1NN. The molecule has 3 atom stereocenters. The molecule has 1 aliphatic carbocycles. The Morgan fingerprint density at radius 3 is 2.76 bits per heavy atom. The highest BCUT2D eigenvalue weighted by Crippen LogP contribution is 2.30. The van der Waals surface area contributed by atoms with Crippen LogP contribution in [0.3, 0.4) is 0 Å². The molecule has 0 saturated heterocycles. The third-order valence-corrected chi connectivity index (χ3v) is 5.33. The Morgan fingerprint density at radius 1 is 1.24 bits per heavy atom. The summed E-state index contributed by atoms with van der Waals surface area (Å²) in [6, 6.07) is 11.0. The summed E-state index contributed by atoms with van der Waals surface area (Å²) in [5.74, 6) is 5.99. The van der Waals surface area contributed by atoms with Crippen molar-refractivity contribution in [3.8, 4) is 0 Å². The minimum atomic E-state index is 0.185. The van der Waals surface area contributed by atoms with Crippen molar-refractivity contribution in [2.24, 2.45) is 11.8 Å². The molecule has 1 aromatic carbocycles. The summed E-state index contributed by atoms with van der Waals surface area (Å²) < 4.78 is 0. The van der Waals surface area contributed by atoms with Crippen LogP contribution in [-0.4, -0.2) is 22.3 Å². The van der Waals surface area contributed by atoms with Gasteiger partial charge in [0.05, 0.1) is 0 Å². The Kier molecular flexibility index (Phi) is 5.96. The Morgan fingerprint density at radius 2 is 2.04 bits per heavy atom. The van der Waals surface area contributed by atoms with E-state index in [9.17, 15) is 0 Å². The van der Waals surface area contributed by atoms with Crippen molar-refractivity contribution in [2.75, 3.05) is 5.32 Å². The number of benzene rings is 1. The molecule has 3 unspecified atom stereocenters. The van der Waals surface area contributed by atoms with Crippen molar-refractivity contribution in [1.82, 2.24) is 15.6 Å². The predicted molar refractivity (Wildman–Crippen MR) is 105 cm³/mol. The first kappa shape index (κ1) is 17.8. The Hall–Kier alpha value is -2.02. The minimum Gasteiger partial charge on any atom is -0.357 e. The van der Waals surface area contributed by atoms with E-state index < -0.39 is 0 Å². The first-order chi connectivity index (χ1) is 12.2. The summed E-state index contributed by atoms with van der Waals surface area (Å²) in [6.07, 6.45) is 8.41. The number of nitrogens with zero attached hydrogens (tertiary/aromatic N) is 2. The van der Waals surface area contributed by atoms with E-state index in [1.54, 1.807) is 11.3 Å². The number of rotatable bonds is 7. The minimum absolute atomic E-state index is 0.185. The molecule has 0 bridgehead atoms. The highest BCUT2D eigenvalue weighted by atomic mass is 32.1. The summed E-state index contributed by atoms with van der Waals surface area (Å²) in [5.41, 5.74) is 5.30. The number of anilines is 1. The van der Waals surface area contributed by atoms with Gasteiger partial charge in [0.2, 0.25) is 5.13 Å². The van der Waals surface area contributed by atoms with Crippen LogP contribution >= 0.6 is 11.3 Å². The van der Waals surface area contributed by atoms with Crippen molar-refractivity contribution in [3.63, 3.8) is 0 Å². The summed E-state index contributed by atoms with van der Waals surface area (Å²) in [6.45, 7) is 4.33. The molecule has 1 aliphatic rings. The van der Waals surface area contributed by atoms with Gasteiger partial charge < -0.3 is 5.32 Å². The lowest BCUT2D eigenvalue weighted by Crippen LogP contribution is -2.39. The summed E-state index contributed by atoms with van der Waals surface area (Å²) in [4.78, 5) is 0. The molecule has 1 aromatic heterocycles. The maximum atomic E-state index is 5.61. The molecule has 25 heavy (non-hydrogen) atoms. The van der Waals surface area contributed by atoms with Crippen LogP contribution in [0.25, 0.3) is 5.57 Å². The number of hydrazine groups is 1. The second-order valence-electron chi connectivity index (χ2n) is 6.39. The van der Waals surface area contributed by atoms with E-state index in [0.29, 0.717) is 12.0 Å². The lowest BCUT2D eigenvalue weighted by molar-refractivity contribution is 0.469. The first-order valence-electron chi connectivity index (χ1n) is 8.70. The largest absolute Gasteiger partial charge is 0.357 e. The van der Waals surface area contributed by atoms with E-state index in [0.717, 1.165) is 28.6 Å². The average molecular weight is 356 g/mol. The Bertz CT molecular complexity index is 737. The molecule has 0 saturated carbocycles. The third kappa shape index (κ3) is 4.54. The average Bonchev–Trinajstić information content (AvgIpc) is 3.10. The summed E-state index contributed by atoms with van der Waals surface area (Å²) in [5, 5.41) is 13.9. The van der Waals surface area contributed by atoms with Crippen LogP contribution in [0, 0.1) is 5.92 Å². The van der Waals surface area contributed by atoms with Crippen molar-refractivity contribution in [1.29, 1.82) is 0 Å². The van der Waals surface area contributed by atoms with E-state index in [4.69, 9.17) is 5.84 Å². The van der Waals surface area contributed by atoms with Gasteiger partial charge in [-0.25, -0.2) is 0 Å². The van der Waals surface area contributed by atoms with Crippen molar-refractivity contribution >= 4 is 22.0 Å². The quantitative estimate of drug-likeness (QED) is 0.524. The lowest BCUT2D eigenvalue weighted by atomic mass is 9.90. The molecule has 3 rings (SSSR count). The monoisotopic (exact) mass is 355 g/mol. The maximum absolute atomic E-state index is 5.61. The molecular weight excluding hydrogens is 330 g/mol. The Labute approximate surface area is 153 Å². The van der Waals surface area contributed by atoms with Crippen LogP contribution in [0.4, 0.5) is 5.13 Å². The molecule has 5 nitrogen and oxygen atoms in total. The van der Waals surface area contributed by atoms with Crippen LogP contribution < -0.4 is 16.6 Å². The van der Waals surface area contributed by atoms with Crippen LogP contribution in [0.2, 0.25) is 0 Å².